The average molecular weight is 712 g/mol. The van der Waals surface area contributed by atoms with Gasteiger partial charge in [-0.1, -0.05) is 12.1 Å². The molecule has 0 aromatic heterocycles. The third-order valence-corrected chi connectivity index (χ3v) is 9.15. The first-order valence-electron chi connectivity index (χ1n) is 14.3. The number of nitrogen functional groups attached to an aromatic ring is 3. The van der Waals surface area contributed by atoms with Gasteiger partial charge in [0.1, 0.15) is 16.3 Å². The molecule has 6 rings (SSSR count). The van der Waals surface area contributed by atoms with E-state index in [1.807, 2.05) is 0 Å². The van der Waals surface area contributed by atoms with Crippen LogP contribution in [0.15, 0.2) is 126 Å². The predicted octanol–water partition coefficient (Wildman–Crippen LogP) is 6.59. The summed E-state index contributed by atoms with van der Waals surface area (Å²) in [4.78, 5) is 12.6. The molecule has 0 radical (unpaired) electrons. The molecule has 1 aliphatic carbocycles. The molecule has 0 atom stereocenters. The van der Waals surface area contributed by atoms with Crippen molar-refractivity contribution in [2.45, 2.75) is 9.79 Å². The normalized spacial score (nSPS) is 14.2. The maximum Gasteiger partial charge on any atom is 0.295 e. The van der Waals surface area contributed by atoms with Crippen LogP contribution in [-0.2, 0) is 20.2 Å². The fourth-order valence-electron chi connectivity index (χ4n) is 4.91. The number of benzene rings is 5. The standard InChI is InChI=1S/C32H25N9O7S2/c33-17-1-3-18(4-2-17)38-41-28-16-29(50(46,47)48)23-11-13-27(32(42)30(23)31(28)35)40-37-20-7-5-19(6-8-20)36-39-26-14-12-25(34)24-15-21(49(43,44)45)9-10-22(24)26/h1-16,37H,33-35H2,(H,43,44,45)(H,46,47,48)/b39-36?,40-27-,41-38?. The number of rotatable bonds is 8. The number of hydrazone groups is 1. The van der Waals surface area contributed by atoms with Crippen molar-refractivity contribution in [2.24, 2.45) is 25.6 Å². The maximum atomic E-state index is 13.5. The van der Waals surface area contributed by atoms with Crippen molar-refractivity contribution in [3.63, 3.8) is 0 Å². The Balaban J connectivity index is 1.23. The zero-order valence-electron chi connectivity index (χ0n) is 25.5. The summed E-state index contributed by atoms with van der Waals surface area (Å²) in [6.45, 7) is 0. The van der Waals surface area contributed by atoms with Crippen LogP contribution >= 0.6 is 0 Å². The number of allylic oxidation sites excluding steroid dienone is 1. The average Bonchev–Trinajstić information content (AvgIpc) is 3.07. The number of anilines is 4. The summed E-state index contributed by atoms with van der Waals surface area (Å²) in [5.41, 5.74) is 22.4. The van der Waals surface area contributed by atoms with Crippen molar-refractivity contribution < 1.29 is 30.7 Å². The second-order valence-corrected chi connectivity index (χ2v) is 13.5. The summed E-state index contributed by atoms with van der Waals surface area (Å²) < 4.78 is 66.9. The van der Waals surface area contributed by atoms with Gasteiger partial charge in [-0.3, -0.25) is 19.3 Å². The van der Waals surface area contributed by atoms with E-state index in [0.717, 1.165) is 6.07 Å². The van der Waals surface area contributed by atoms with E-state index in [-0.39, 0.29) is 38.8 Å². The summed E-state index contributed by atoms with van der Waals surface area (Å²) in [5.74, 6) is -0.730. The first-order valence-corrected chi connectivity index (χ1v) is 17.2. The van der Waals surface area contributed by atoms with Gasteiger partial charge in [0.05, 0.1) is 38.9 Å². The number of ketones is 1. The lowest BCUT2D eigenvalue weighted by molar-refractivity contribution is 0.106. The Morgan fingerprint density at radius 2 is 1.28 bits per heavy atom. The minimum absolute atomic E-state index is 0.116. The van der Waals surface area contributed by atoms with Gasteiger partial charge in [0.2, 0.25) is 5.78 Å². The van der Waals surface area contributed by atoms with Gasteiger partial charge in [0, 0.05) is 27.7 Å². The lowest BCUT2D eigenvalue weighted by atomic mass is 9.92. The van der Waals surface area contributed by atoms with Crippen molar-refractivity contribution in [2.75, 3.05) is 22.6 Å². The molecule has 1 aliphatic rings. The summed E-state index contributed by atoms with van der Waals surface area (Å²) in [6, 6.07) is 20.9. The number of nitrogens with two attached hydrogens (primary N) is 3. The van der Waals surface area contributed by atoms with Crippen LogP contribution in [0.1, 0.15) is 15.9 Å². The third-order valence-electron chi connectivity index (χ3n) is 7.40. The van der Waals surface area contributed by atoms with E-state index in [0.29, 0.717) is 39.2 Å². The van der Waals surface area contributed by atoms with Crippen molar-refractivity contribution in [1.29, 1.82) is 0 Å². The van der Waals surface area contributed by atoms with E-state index in [4.69, 9.17) is 17.2 Å². The van der Waals surface area contributed by atoms with E-state index in [1.165, 1.54) is 30.4 Å². The molecule has 18 heteroatoms. The Hall–Kier alpha value is -6.34. The Morgan fingerprint density at radius 1 is 0.640 bits per heavy atom. The van der Waals surface area contributed by atoms with Gasteiger partial charge < -0.3 is 17.2 Å². The lowest BCUT2D eigenvalue weighted by Gasteiger charge is -2.17. The molecule has 5 aromatic carbocycles. The quantitative estimate of drug-likeness (QED) is 0.0432. The summed E-state index contributed by atoms with van der Waals surface area (Å²) in [7, 11) is -9.23. The number of nitrogens with zero attached hydrogens (tertiary/aromatic N) is 5. The van der Waals surface area contributed by atoms with Crippen LogP contribution in [0.3, 0.4) is 0 Å². The maximum absolute atomic E-state index is 13.5. The number of carbonyl (C=O) groups is 1. The Labute approximate surface area is 284 Å². The smallest absolute Gasteiger partial charge is 0.295 e. The highest BCUT2D eigenvalue weighted by atomic mass is 32.2. The third kappa shape index (κ3) is 6.93. The first-order chi connectivity index (χ1) is 23.7. The molecule has 0 bridgehead atoms. The molecule has 16 nitrogen and oxygen atoms in total. The molecule has 0 spiro atoms. The van der Waals surface area contributed by atoms with Crippen molar-refractivity contribution in [3.05, 3.63) is 102 Å². The number of nitrogens with one attached hydrogen (secondary N) is 1. The molecule has 0 fully saturated rings. The highest BCUT2D eigenvalue weighted by Gasteiger charge is 2.30. The zero-order chi connectivity index (χ0) is 35.8. The van der Waals surface area contributed by atoms with Gasteiger partial charge in [-0.2, -0.15) is 32.2 Å². The molecular weight excluding hydrogens is 687 g/mol. The van der Waals surface area contributed by atoms with Gasteiger partial charge in [-0.15, -0.1) is 10.2 Å². The second-order valence-electron chi connectivity index (χ2n) is 10.7. The highest BCUT2D eigenvalue weighted by molar-refractivity contribution is 7.86. The lowest BCUT2D eigenvalue weighted by Crippen LogP contribution is -2.21. The van der Waals surface area contributed by atoms with Crippen molar-refractivity contribution in [1.82, 2.24) is 0 Å². The molecule has 50 heavy (non-hydrogen) atoms. The topological polar surface area (TPSA) is 278 Å². The number of hydrogen-bond donors (Lipinski definition) is 6. The first kappa shape index (κ1) is 33.6. The minimum Gasteiger partial charge on any atom is -0.399 e. The molecule has 0 saturated carbocycles. The van der Waals surface area contributed by atoms with E-state index < -0.39 is 30.9 Å². The Bertz CT molecular complexity index is 2550. The fraction of sp³-hybridized carbons (Fsp3) is 0. The molecule has 0 unspecified atom stereocenters. The molecule has 9 N–H and O–H groups in total. The Morgan fingerprint density at radius 3 is 1.92 bits per heavy atom. The molecule has 0 saturated heterocycles. The summed E-state index contributed by atoms with van der Waals surface area (Å²) in [6.07, 6.45) is 2.57. The second kappa shape index (κ2) is 12.9. The van der Waals surface area contributed by atoms with Gasteiger partial charge in [0.25, 0.3) is 20.2 Å². The van der Waals surface area contributed by atoms with E-state index >= 15 is 0 Å². The van der Waals surface area contributed by atoms with Crippen LogP contribution < -0.4 is 22.6 Å². The highest BCUT2D eigenvalue weighted by Crippen LogP contribution is 2.38. The molecule has 0 aliphatic heterocycles. The Kier molecular flexibility index (Phi) is 8.68. The number of fused-ring (bicyclic) bond motifs is 2. The van der Waals surface area contributed by atoms with Crippen molar-refractivity contribution >= 4 is 94.1 Å². The van der Waals surface area contributed by atoms with Crippen LogP contribution in [0.4, 0.5) is 45.5 Å². The molecule has 0 heterocycles. The van der Waals surface area contributed by atoms with E-state index in [9.17, 15) is 30.7 Å². The molecule has 252 valence electrons. The summed E-state index contributed by atoms with van der Waals surface area (Å²) in [5, 5.41) is 21.6. The monoisotopic (exact) mass is 711 g/mol. The number of azo groups is 2. The van der Waals surface area contributed by atoms with Gasteiger partial charge in [0.15, 0.2) is 0 Å². The molecular formula is C32H25N9O7S2. The minimum atomic E-state index is -4.80. The number of hydrogen-bond acceptors (Lipinski definition) is 14. The van der Waals surface area contributed by atoms with E-state index in [2.05, 4.69) is 31.0 Å². The van der Waals surface area contributed by atoms with Crippen LogP contribution in [-0.4, -0.2) is 37.4 Å². The van der Waals surface area contributed by atoms with Gasteiger partial charge >= 0.3 is 0 Å². The van der Waals surface area contributed by atoms with E-state index in [1.54, 1.807) is 60.7 Å². The van der Waals surface area contributed by atoms with Gasteiger partial charge in [-0.05, 0) is 84.9 Å². The number of Topliss-reactive ketones (excluding diaryl/α,β-unsaturated/α-hetero) is 1. The summed E-state index contributed by atoms with van der Waals surface area (Å²) >= 11 is 0. The zero-order valence-corrected chi connectivity index (χ0v) is 27.1. The van der Waals surface area contributed by atoms with Crippen molar-refractivity contribution in [3.8, 4) is 0 Å². The van der Waals surface area contributed by atoms with Crippen LogP contribution in [0.5, 0.6) is 0 Å². The largest absolute Gasteiger partial charge is 0.399 e. The fourth-order valence-corrected chi connectivity index (χ4v) is 6.12. The molecule has 0 amide bonds. The van der Waals surface area contributed by atoms with Gasteiger partial charge in [-0.25, -0.2) is 0 Å². The molecule has 5 aromatic rings. The predicted molar refractivity (Wildman–Crippen MR) is 189 cm³/mol. The van der Waals surface area contributed by atoms with Crippen LogP contribution in [0.25, 0.3) is 16.8 Å². The SMILES string of the molecule is Nc1ccc(N=Nc2cc(S(=O)(=O)O)c3c(c2N)C(=O)/C(=N\Nc2ccc(N=Nc4ccc(N)c5cc(S(=O)(=O)O)ccc45)cc2)C=C3)cc1. The number of carbonyl (C=O) groups excluding carboxylic acids is 1. The van der Waals surface area contributed by atoms with Crippen LogP contribution in [0.2, 0.25) is 0 Å². The van der Waals surface area contributed by atoms with Crippen LogP contribution in [0, 0.1) is 0 Å².